The number of hydrogen-bond acceptors (Lipinski definition) is 4. The number of ether oxygens (including phenoxy) is 1. The van der Waals surface area contributed by atoms with Crippen LogP contribution in [-0.4, -0.2) is 37.6 Å². The van der Waals surface area contributed by atoms with Crippen molar-refractivity contribution < 1.29 is 9.53 Å². The molecule has 3 N–H and O–H groups in total. The van der Waals surface area contributed by atoms with Gasteiger partial charge in [0, 0.05) is 17.8 Å². The summed E-state index contributed by atoms with van der Waals surface area (Å²) >= 11 is 0. The minimum Gasteiger partial charge on any atom is -0.496 e. The van der Waals surface area contributed by atoms with Crippen LogP contribution in [0.15, 0.2) is 48.5 Å². The van der Waals surface area contributed by atoms with Gasteiger partial charge in [0.2, 0.25) is 0 Å². The van der Waals surface area contributed by atoms with Crippen LogP contribution in [-0.2, 0) is 0 Å². The van der Waals surface area contributed by atoms with Crippen LogP contribution in [0.2, 0.25) is 0 Å². The lowest BCUT2D eigenvalue weighted by Crippen LogP contribution is -2.37. The molecule has 0 aromatic heterocycles. The predicted octanol–water partition coefficient (Wildman–Crippen LogP) is 2.84. The monoisotopic (exact) mass is 339 g/mol. The second-order valence-electron chi connectivity index (χ2n) is 6.30. The fraction of sp³-hybridized carbons (Fsp3) is 0.350. The molecule has 0 saturated carbocycles. The van der Waals surface area contributed by atoms with E-state index >= 15 is 0 Å². The first-order valence-corrected chi connectivity index (χ1v) is 8.70. The lowest BCUT2D eigenvalue weighted by molar-refractivity contribution is 0.0938. The van der Waals surface area contributed by atoms with Gasteiger partial charge in [-0.05, 0) is 44.1 Å². The van der Waals surface area contributed by atoms with E-state index in [1.54, 1.807) is 19.2 Å². The van der Waals surface area contributed by atoms with Gasteiger partial charge < -0.3 is 15.8 Å². The molecule has 1 amide bonds. The molecule has 1 saturated heterocycles. The Balaban J connectivity index is 1.79. The number of rotatable bonds is 6. The Morgan fingerprint density at radius 2 is 1.84 bits per heavy atom. The second kappa shape index (κ2) is 8.03. The quantitative estimate of drug-likeness (QED) is 0.794. The number of nitrogens with two attached hydrogens (primary N) is 1. The molecule has 1 atom stereocenters. The standard InChI is InChI=1S/C20H25N3O2/c1-25-19-11-5-3-9-16(19)18(23-12-6-7-13-23)14-22-20(24)15-8-2-4-10-17(15)21/h2-5,8-11,18H,6-7,12-14,21H2,1H3,(H,22,24). The summed E-state index contributed by atoms with van der Waals surface area (Å²) < 4.78 is 5.54. The number of carbonyl (C=O) groups is 1. The summed E-state index contributed by atoms with van der Waals surface area (Å²) in [5.74, 6) is 0.713. The Kier molecular flexibility index (Phi) is 5.56. The normalized spacial score (nSPS) is 15.7. The molecular weight excluding hydrogens is 314 g/mol. The van der Waals surface area contributed by atoms with Crippen molar-refractivity contribution in [3.8, 4) is 5.75 Å². The molecule has 25 heavy (non-hydrogen) atoms. The highest BCUT2D eigenvalue weighted by Crippen LogP contribution is 2.31. The zero-order valence-electron chi connectivity index (χ0n) is 14.6. The average Bonchev–Trinajstić information content (AvgIpc) is 3.17. The van der Waals surface area contributed by atoms with Crippen LogP contribution in [0, 0.1) is 0 Å². The van der Waals surface area contributed by atoms with Crippen LogP contribution in [0.1, 0.15) is 34.8 Å². The van der Waals surface area contributed by atoms with Crippen LogP contribution < -0.4 is 15.8 Å². The molecule has 132 valence electrons. The molecule has 0 aliphatic carbocycles. The van der Waals surface area contributed by atoms with Crippen molar-refractivity contribution >= 4 is 11.6 Å². The summed E-state index contributed by atoms with van der Waals surface area (Å²) in [6.07, 6.45) is 2.37. The Hall–Kier alpha value is -2.53. The molecule has 0 bridgehead atoms. The number of amides is 1. The van der Waals surface area contributed by atoms with Crippen molar-refractivity contribution in [3.05, 3.63) is 59.7 Å². The zero-order valence-corrected chi connectivity index (χ0v) is 14.6. The van der Waals surface area contributed by atoms with Gasteiger partial charge in [-0.2, -0.15) is 0 Å². The Morgan fingerprint density at radius 1 is 1.16 bits per heavy atom. The van der Waals surface area contributed by atoms with Gasteiger partial charge in [0.15, 0.2) is 0 Å². The predicted molar refractivity (Wildman–Crippen MR) is 99.7 cm³/mol. The first kappa shape index (κ1) is 17.3. The highest BCUT2D eigenvalue weighted by Gasteiger charge is 2.26. The maximum Gasteiger partial charge on any atom is 0.253 e. The third kappa shape index (κ3) is 3.94. The Morgan fingerprint density at radius 3 is 2.56 bits per heavy atom. The van der Waals surface area contributed by atoms with E-state index in [-0.39, 0.29) is 11.9 Å². The number of likely N-dealkylation sites (tertiary alicyclic amines) is 1. The summed E-state index contributed by atoms with van der Waals surface area (Å²) in [7, 11) is 1.68. The first-order chi connectivity index (χ1) is 12.2. The number of anilines is 1. The lowest BCUT2D eigenvalue weighted by atomic mass is 10.0. The molecule has 2 aromatic carbocycles. The molecule has 2 aromatic rings. The molecule has 0 radical (unpaired) electrons. The van der Waals surface area contributed by atoms with Crippen molar-refractivity contribution in [2.75, 3.05) is 32.5 Å². The van der Waals surface area contributed by atoms with Gasteiger partial charge in [-0.15, -0.1) is 0 Å². The fourth-order valence-corrected chi connectivity index (χ4v) is 3.42. The number of methoxy groups -OCH3 is 1. The van der Waals surface area contributed by atoms with E-state index in [0.717, 1.165) is 24.4 Å². The Bertz CT molecular complexity index is 726. The molecule has 1 aliphatic rings. The largest absolute Gasteiger partial charge is 0.496 e. The van der Waals surface area contributed by atoms with Crippen molar-refractivity contribution in [2.45, 2.75) is 18.9 Å². The van der Waals surface area contributed by atoms with Crippen molar-refractivity contribution in [1.29, 1.82) is 0 Å². The topological polar surface area (TPSA) is 67.6 Å². The van der Waals surface area contributed by atoms with Gasteiger partial charge in [-0.1, -0.05) is 30.3 Å². The minimum atomic E-state index is -0.141. The molecule has 1 aliphatic heterocycles. The number of para-hydroxylation sites is 2. The van der Waals surface area contributed by atoms with Gasteiger partial charge in [0.25, 0.3) is 5.91 Å². The van der Waals surface area contributed by atoms with Crippen LogP contribution in [0.3, 0.4) is 0 Å². The number of nitrogens with zero attached hydrogens (tertiary/aromatic N) is 1. The molecule has 1 unspecified atom stereocenters. The smallest absolute Gasteiger partial charge is 0.253 e. The van der Waals surface area contributed by atoms with Crippen molar-refractivity contribution in [2.24, 2.45) is 0 Å². The van der Waals surface area contributed by atoms with E-state index in [4.69, 9.17) is 10.5 Å². The lowest BCUT2D eigenvalue weighted by Gasteiger charge is -2.29. The number of nitrogen functional groups attached to an aromatic ring is 1. The van der Waals surface area contributed by atoms with Crippen LogP contribution >= 0.6 is 0 Å². The van der Waals surface area contributed by atoms with E-state index in [2.05, 4.69) is 16.3 Å². The first-order valence-electron chi connectivity index (χ1n) is 8.70. The van der Waals surface area contributed by atoms with Crippen LogP contribution in [0.4, 0.5) is 5.69 Å². The Labute approximate surface area is 148 Å². The fourth-order valence-electron chi connectivity index (χ4n) is 3.42. The summed E-state index contributed by atoms with van der Waals surface area (Å²) in [5, 5.41) is 3.05. The van der Waals surface area contributed by atoms with Crippen molar-refractivity contribution in [3.63, 3.8) is 0 Å². The molecule has 1 heterocycles. The summed E-state index contributed by atoms with van der Waals surface area (Å²) in [6, 6.07) is 15.3. The third-order valence-corrected chi connectivity index (χ3v) is 4.74. The van der Waals surface area contributed by atoms with Crippen LogP contribution in [0.5, 0.6) is 5.75 Å². The van der Waals surface area contributed by atoms with E-state index in [1.165, 1.54) is 12.8 Å². The summed E-state index contributed by atoms with van der Waals surface area (Å²) in [6.45, 7) is 2.59. The van der Waals surface area contributed by atoms with E-state index in [1.807, 2.05) is 30.3 Å². The SMILES string of the molecule is COc1ccccc1C(CNC(=O)c1ccccc1N)N1CCCC1. The second-order valence-corrected chi connectivity index (χ2v) is 6.30. The average molecular weight is 339 g/mol. The molecule has 1 fully saturated rings. The summed E-state index contributed by atoms with van der Waals surface area (Å²) in [4.78, 5) is 14.9. The highest BCUT2D eigenvalue weighted by atomic mass is 16.5. The van der Waals surface area contributed by atoms with Gasteiger partial charge >= 0.3 is 0 Å². The maximum absolute atomic E-state index is 12.5. The number of carbonyl (C=O) groups excluding carboxylic acids is 1. The molecule has 3 rings (SSSR count). The number of hydrogen-bond donors (Lipinski definition) is 2. The number of nitrogens with one attached hydrogen (secondary N) is 1. The van der Waals surface area contributed by atoms with Crippen molar-refractivity contribution in [1.82, 2.24) is 10.2 Å². The van der Waals surface area contributed by atoms with Gasteiger partial charge in [-0.25, -0.2) is 0 Å². The molecule has 5 nitrogen and oxygen atoms in total. The third-order valence-electron chi connectivity index (χ3n) is 4.74. The zero-order chi connectivity index (χ0) is 17.6. The number of benzene rings is 2. The van der Waals surface area contributed by atoms with E-state index < -0.39 is 0 Å². The highest BCUT2D eigenvalue weighted by molar-refractivity contribution is 5.99. The minimum absolute atomic E-state index is 0.0903. The van der Waals surface area contributed by atoms with Gasteiger partial charge in [0.1, 0.15) is 5.75 Å². The van der Waals surface area contributed by atoms with E-state index in [9.17, 15) is 4.79 Å². The molecule has 0 spiro atoms. The van der Waals surface area contributed by atoms with Gasteiger partial charge in [0.05, 0.1) is 18.7 Å². The summed E-state index contributed by atoms with van der Waals surface area (Å²) in [5.41, 5.74) is 8.03. The maximum atomic E-state index is 12.5. The molecule has 5 heteroatoms. The molecular formula is C20H25N3O2. The van der Waals surface area contributed by atoms with Crippen LogP contribution in [0.25, 0.3) is 0 Å². The van der Waals surface area contributed by atoms with Gasteiger partial charge in [-0.3, -0.25) is 9.69 Å². The van der Waals surface area contributed by atoms with E-state index in [0.29, 0.717) is 17.8 Å².